The molecular weight excluding hydrogens is 348 g/mol. The Morgan fingerprint density at radius 3 is 2.57 bits per heavy atom. The Labute approximate surface area is 166 Å². The van der Waals surface area contributed by atoms with Gasteiger partial charge in [-0.3, -0.25) is 4.79 Å². The maximum atomic E-state index is 12.7. The zero-order chi connectivity index (χ0) is 19.8. The molecular formula is C24H26N2O2. The third-order valence-corrected chi connectivity index (χ3v) is 4.69. The van der Waals surface area contributed by atoms with Crippen LogP contribution in [0.4, 0.5) is 0 Å². The number of hydrogen-bond acceptors (Lipinski definition) is 2. The van der Waals surface area contributed by atoms with Crippen molar-refractivity contribution in [2.45, 2.75) is 20.0 Å². The fourth-order valence-corrected chi connectivity index (χ4v) is 3.08. The summed E-state index contributed by atoms with van der Waals surface area (Å²) in [5, 5.41) is 0. The standard InChI is InChI=1S/C24H26N2O2/c1-3-15-26(24(27)19-28-23-13-5-4-6-14-23)18-22-12-9-16-25(22)17-21-11-8-7-10-20(21)2/h3-14,16H,1,15,17-19H2,2H3. The minimum Gasteiger partial charge on any atom is -0.484 e. The molecule has 0 radical (unpaired) electrons. The summed E-state index contributed by atoms with van der Waals surface area (Å²) in [6, 6.07) is 21.8. The van der Waals surface area contributed by atoms with Gasteiger partial charge in [0.1, 0.15) is 5.75 Å². The van der Waals surface area contributed by atoms with Crippen molar-refractivity contribution >= 4 is 5.91 Å². The smallest absolute Gasteiger partial charge is 0.261 e. The lowest BCUT2D eigenvalue weighted by atomic mass is 10.1. The second kappa shape index (κ2) is 9.60. The lowest BCUT2D eigenvalue weighted by Crippen LogP contribution is -2.35. The Bertz CT molecular complexity index is 915. The molecule has 0 fully saturated rings. The van der Waals surface area contributed by atoms with Crippen molar-refractivity contribution in [3.8, 4) is 5.75 Å². The molecule has 0 unspecified atom stereocenters. The van der Waals surface area contributed by atoms with Crippen LogP contribution in [0.1, 0.15) is 16.8 Å². The molecule has 1 aromatic heterocycles. The van der Waals surface area contributed by atoms with E-state index in [0.717, 1.165) is 12.2 Å². The quantitative estimate of drug-likeness (QED) is 0.519. The Morgan fingerprint density at radius 2 is 1.82 bits per heavy atom. The van der Waals surface area contributed by atoms with Gasteiger partial charge in [-0.2, -0.15) is 0 Å². The van der Waals surface area contributed by atoms with Gasteiger partial charge < -0.3 is 14.2 Å². The van der Waals surface area contributed by atoms with E-state index in [0.29, 0.717) is 18.8 Å². The number of aryl methyl sites for hydroxylation is 1. The van der Waals surface area contributed by atoms with Gasteiger partial charge in [0.25, 0.3) is 5.91 Å². The van der Waals surface area contributed by atoms with E-state index in [2.05, 4.69) is 48.5 Å². The molecule has 28 heavy (non-hydrogen) atoms. The van der Waals surface area contributed by atoms with Gasteiger partial charge in [-0.15, -0.1) is 6.58 Å². The van der Waals surface area contributed by atoms with Crippen molar-refractivity contribution in [1.29, 1.82) is 0 Å². The fourth-order valence-electron chi connectivity index (χ4n) is 3.08. The molecule has 0 saturated carbocycles. The van der Waals surface area contributed by atoms with E-state index < -0.39 is 0 Å². The first-order valence-electron chi connectivity index (χ1n) is 9.42. The van der Waals surface area contributed by atoms with Crippen molar-refractivity contribution < 1.29 is 9.53 Å². The van der Waals surface area contributed by atoms with Crippen molar-refractivity contribution in [2.24, 2.45) is 0 Å². The number of carbonyl (C=O) groups is 1. The highest BCUT2D eigenvalue weighted by Gasteiger charge is 2.15. The first-order valence-corrected chi connectivity index (χ1v) is 9.42. The Hall–Kier alpha value is -3.27. The molecule has 1 amide bonds. The Morgan fingerprint density at radius 1 is 1.07 bits per heavy atom. The molecule has 0 bridgehead atoms. The molecule has 3 aromatic rings. The zero-order valence-corrected chi connectivity index (χ0v) is 16.3. The molecule has 4 heteroatoms. The van der Waals surface area contributed by atoms with Gasteiger partial charge in [0.2, 0.25) is 0 Å². The summed E-state index contributed by atoms with van der Waals surface area (Å²) in [6.07, 6.45) is 3.80. The average molecular weight is 374 g/mol. The van der Waals surface area contributed by atoms with Crippen LogP contribution >= 0.6 is 0 Å². The third-order valence-electron chi connectivity index (χ3n) is 4.69. The monoisotopic (exact) mass is 374 g/mol. The predicted molar refractivity (Wildman–Crippen MR) is 112 cm³/mol. The van der Waals surface area contributed by atoms with Gasteiger partial charge in [-0.05, 0) is 42.3 Å². The van der Waals surface area contributed by atoms with Gasteiger partial charge in [0.05, 0.1) is 6.54 Å². The topological polar surface area (TPSA) is 34.5 Å². The van der Waals surface area contributed by atoms with Crippen LogP contribution in [-0.2, 0) is 17.9 Å². The summed E-state index contributed by atoms with van der Waals surface area (Å²) < 4.78 is 7.81. The highest BCUT2D eigenvalue weighted by molar-refractivity contribution is 5.77. The molecule has 0 N–H and O–H groups in total. The van der Waals surface area contributed by atoms with E-state index in [4.69, 9.17) is 4.74 Å². The van der Waals surface area contributed by atoms with Crippen LogP contribution in [0, 0.1) is 6.92 Å². The van der Waals surface area contributed by atoms with Crippen molar-refractivity contribution in [2.75, 3.05) is 13.2 Å². The molecule has 0 saturated heterocycles. The maximum absolute atomic E-state index is 12.7. The summed E-state index contributed by atoms with van der Waals surface area (Å²) in [4.78, 5) is 14.5. The Balaban J connectivity index is 1.67. The summed E-state index contributed by atoms with van der Waals surface area (Å²) in [6.45, 7) is 7.70. The number of aromatic nitrogens is 1. The molecule has 0 aliphatic carbocycles. The first-order chi connectivity index (χ1) is 13.7. The summed E-state index contributed by atoms with van der Waals surface area (Å²) in [5.41, 5.74) is 3.62. The molecule has 144 valence electrons. The molecule has 0 aliphatic rings. The summed E-state index contributed by atoms with van der Waals surface area (Å²) >= 11 is 0. The van der Waals surface area contributed by atoms with Gasteiger partial charge >= 0.3 is 0 Å². The fraction of sp³-hybridized carbons (Fsp3) is 0.208. The van der Waals surface area contributed by atoms with E-state index in [1.54, 1.807) is 11.0 Å². The largest absolute Gasteiger partial charge is 0.484 e. The Kier molecular flexibility index (Phi) is 6.68. The number of amides is 1. The average Bonchev–Trinajstić information content (AvgIpc) is 3.15. The normalized spacial score (nSPS) is 10.5. The third kappa shape index (κ3) is 5.13. The van der Waals surface area contributed by atoms with Crippen LogP contribution in [0.2, 0.25) is 0 Å². The van der Waals surface area contributed by atoms with Crippen LogP contribution < -0.4 is 4.74 Å². The molecule has 4 nitrogen and oxygen atoms in total. The van der Waals surface area contributed by atoms with Gasteiger partial charge in [-0.25, -0.2) is 0 Å². The van der Waals surface area contributed by atoms with Crippen LogP contribution in [0.3, 0.4) is 0 Å². The van der Waals surface area contributed by atoms with Crippen molar-refractivity contribution in [3.63, 3.8) is 0 Å². The SMILES string of the molecule is C=CCN(Cc1cccn1Cc1ccccc1C)C(=O)COc1ccccc1. The predicted octanol–water partition coefficient (Wildman–Crippen LogP) is 4.44. The number of para-hydroxylation sites is 1. The number of benzene rings is 2. The lowest BCUT2D eigenvalue weighted by Gasteiger charge is -2.22. The lowest BCUT2D eigenvalue weighted by molar-refractivity contribution is -0.133. The number of hydrogen-bond donors (Lipinski definition) is 0. The summed E-state index contributed by atoms with van der Waals surface area (Å²) in [5.74, 6) is 0.629. The highest BCUT2D eigenvalue weighted by atomic mass is 16.5. The minimum absolute atomic E-state index is 0.0103. The van der Waals surface area contributed by atoms with E-state index in [9.17, 15) is 4.79 Å². The molecule has 0 atom stereocenters. The van der Waals surface area contributed by atoms with Gasteiger partial charge in [0.15, 0.2) is 6.61 Å². The maximum Gasteiger partial charge on any atom is 0.261 e. The number of rotatable bonds is 9. The van der Waals surface area contributed by atoms with E-state index in [1.165, 1.54) is 11.1 Å². The molecule has 1 heterocycles. The summed E-state index contributed by atoms with van der Waals surface area (Å²) in [7, 11) is 0. The van der Waals surface area contributed by atoms with Crippen LogP contribution in [0.15, 0.2) is 85.6 Å². The van der Waals surface area contributed by atoms with Crippen LogP contribution in [0.5, 0.6) is 5.75 Å². The van der Waals surface area contributed by atoms with Crippen LogP contribution in [0.25, 0.3) is 0 Å². The van der Waals surface area contributed by atoms with Crippen molar-refractivity contribution in [3.05, 3.63) is 102 Å². The molecule has 0 aliphatic heterocycles. The van der Waals surface area contributed by atoms with E-state index in [1.807, 2.05) is 42.5 Å². The van der Waals surface area contributed by atoms with Crippen LogP contribution in [-0.4, -0.2) is 28.5 Å². The van der Waals surface area contributed by atoms with Gasteiger partial charge in [-0.1, -0.05) is 48.5 Å². The van der Waals surface area contributed by atoms with Crippen molar-refractivity contribution in [1.82, 2.24) is 9.47 Å². The first kappa shape index (κ1) is 19.5. The highest BCUT2D eigenvalue weighted by Crippen LogP contribution is 2.14. The molecule has 2 aromatic carbocycles. The van der Waals surface area contributed by atoms with Gasteiger partial charge in [0, 0.05) is 25.0 Å². The van der Waals surface area contributed by atoms with E-state index in [-0.39, 0.29) is 12.5 Å². The second-order valence-corrected chi connectivity index (χ2v) is 6.72. The second-order valence-electron chi connectivity index (χ2n) is 6.72. The molecule has 3 rings (SSSR count). The number of nitrogens with zero attached hydrogens (tertiary/aromatic N) is 2. The molecule has 0 spiro atoms. The van der Waals surface area contributed by atoms with E-state index >= 15 is 0 Å². The number of carbonyl (C=O) groups excluding carboxylic acids is 1. The number of ether oxygens (including phenoxy) is 1. The minimum atomic E-state index is -0.0626. The zero-order valence-electron chi connectivity index (χ0n) is 16.3.